The highest BCUT2D eigenvalue weighted by Gasteiger charge is 2.24. The molecule has 3 aromatic rings. The van der Waals surface area contributed by atoms with Crippen molar-refractivity contribution in [3.05, 3.63) is 53.6 Å². The number of ether oxygens (including phenoxy) is 2. The van der Waals surface area contributed by atoms with Gasteiger partial charge in [0.25, 0.3) is 0 Å². The minimum atomic E-state index is 0.763. The van der Waals surface area contributed by atoms with Crippen molar-refractivity contribution in [2.24, 2.45) is 0 Å². The lowest BCUT2D eigenvalue weighted by molar-refractivity contribution is 0.394. The zero-order valence-corrected chi connectivity index (χ0v) is 14.7. The molecule has 1 N–H and O–H groups in total. The maximum atomic E-state index is 5.42. The first-order valence-electron chi connectivity index (χ1n) is 8.36. The maximum absolute atomic E-state index is 5.42. The number of hydrogen-bond acceptors (Lipinski definition) is 4. The molecule has 4 rings (SSSR count). The molecule has 1 aliphatic heterocycles. The number of nitrogens with zero attached hydrogens (tertiary/aromatic N) is 2. The first kappa shape index (κ1) is 15.6. The van der Waals surface area contributed by atoms with Gasteiger partial charge in [-0.15, -0.1) is 0 Å². The van der Waals surface area contributed by atoms with Gasteiger partial charge in [0.15, 0.2) is 0 Å². The van der Waals surface area contributed by atoms with E-state index in [1.807, 2.05) is 22.9 Å². The van der Waals surface area contributed by atoms with Crippen molar-refractivity contribution in [2.75, 3.05) is 26.1 Å². The number of rotatable bonds is 4. The number of anilines is 1. The Morgan fingerprint density at radius 1 is 1.04 bits per heavy atom. The fourth-order valence-electron chi connectivity index (χ4n) is 3.30. The van der Waals surface area contributed by atoms with Crippen LogP contribution >= 0.6 is 0 Å². The molecule has 5 nitrogen and oxygen atoms in total. The molecule has 0 radical (unpaired) electrons. The zero-order chi connectivity index (χ0) is 17.4. The predicted molar refractivity (Wildman–Crippen MR) is 99.0 cm³/mol. The Balaban J connectivity index is 1.89. The Labute approximate surface area is 147 Å². The van der Waals surface area contributed by atoms with E-state index in [9.17, 15) is 0 Å². The number of aromatic nitrogens is 2. The van der Waals surface area contributed by atoms with Crippen LogP contribution in [0.3, 0.4) is 0 Å². The van der Waals surface area contributed by atoms with E-state index in [2.05, 4.69) is 36.5 Å². The van der Waals surface area contributed by atoms with Gasteiger partial charge in [0.2, 0.25) is 0 Å². The summed E-state index contributed by atoms with van der Waals surface area (Å²) >= 11 is 0. The topological polar surface area (TPSA) is 48.3 Å². The largest absolute Gasteiger partial charge is 0.497 e. The highest BCUT2D eigenvalue weighted by atomic mass is 16.5. The molecule has 0 saturated heterocycles. The molecular weight excluding hydrogens is 314 g/mol. The van der Waals surface area contributed by atoms with Crippen molar-refractivity contribution < 1.29 is 9.47 Å². The van der Waals surface area contributed by atoms with Crippen LogP contribution in [-0.4, -0.2) is 30.5 Å². The smallest absolute Gasteiger partial charge is 0.133 e. The van der Waals surface area contributed by atoms with Gasteiger partial charge >= 0.3 is 0 Å². The third kappa shape index (κ3) is 2.71. The van der Waals surface area contributed by atoms with E-state index in [1.165, 1.54) is 11.1 Å². The van der Waals surface area contributed by atoms with Gasteiger partial charge in [-0.1, -0.05) is 12.1 Å². The van der Waals surface area contributed by atoms with E-state index >= 15 is 0 Å². The Hall–Kier alpha value is -2.95. The Morgan fingerprint density at radius 3 is 2.48 bits per heavy atom. The molecule has 1 aliphatic rings. The molecule has 0 fully saturated rings. The zero-order valence-electron chi connectivity index (χ0n) is 14.7. The van der Waals surface area contributed by atoms with Gasteiger partial charge in [0.1, 0.15) is 17.3 Å². The molecule has 0 amide bonds. The number of methoxy groups -OCH3 is 2. The van der Waals surface area contributed by atoms with Gasteiger partial charge in [-0.3, -0.25) is 0 Å². The molecule has 1 aromatic heterocycles. The van der Waals surface area contributed by atoms with Crippen molar-refractivity contribution in [2.45, 2.75) is 13.3 Å². The van der Waals surface area contributed by atoms with Crippen molar-refractivity contribution >= 4 is 5.82 Å². The van der Waals surface area contributed by atoms with Gasteiger partial charge in [-0.25, -0.2) is 4.68 Å². The molecule has 0 aliphatic carbocycles. The van der Waals surface area contributed by atoms with Crippen LogP contribution in [0, 0.1) is 6.92 Å². The van der Waals surface area contributed by atoms with Gasteiger partial charge in [0, 0.05) is 23.7 Å². The van der Waals surface area contributed by atoms with Crippen LogP contribution in [0.5, 0.6) is 11.5 Å². The summed E-state index contributed by atoms with van der Waals surface area (Å²) in [6.07, 6.45) is 0.954. The molecule has 0 spiro atoms. The van der Waals surface area contributed by atoms with Crippen LogP contribution in [0.1, 0.15) is 11.1 Å². The highest BCUT2D eigenvalue weighted by molar-refractivity contribution is 5.74. The number of aryl methyl sites for hydroxylation is 1. The number of benzene rings is 2. The SMILES string of the molecule is COc1cc(OC)cc(-c2nn(-c3cccc(C)c3)c3c2CCN3)c1. The van der Waals surface area contributed by atoms with Gasteiger partial charge < -0.3 is 14.8 Å². The minimum absolute atomic E-state index is 0.763. The fraction of sp³-hybridized carbons (Fsp3) is 0.250. The summed E-state index contributed by atoms with van der Waals surface area (Å²) in [6.45, 7) is 3.02. The second-order valence-electron chi connectivity index (χ2n) is 6.20. The first-order chi connectivity index (χ1) is 12.2. The number of nitrogens with one attached hydrogen (secondary N) is 1. The molecule has 2 aromatic carbocycles. The third-order valence-corrected chi connectivity index (χ3v) is 4.52. The lowest BCUT2D eigenvalue weighted by atomic mass is 10.1. The van der Waals surface area contributed by atoms with Gasteiger partial charge in [0.05, 0.1) is 25.6 Å². The monoisotopic (exact) mass is 335 g/mol. The molecule has 2 heterocycles. The van der Waals surface area contributed by atoms with Crippen LogP contribution in [0.2, 0.25) is 0 Å². The third-order valence-electron chi connectivity index (χ3n) is 4.52. The highest BCUT2D eigenvalue weighted by Crippen LogP contribution is 2.37. The Bertz CT molecular complexity index is 908. The molecule has 25 heavy (non-hydrogen) atoms. The van der Waals surface area contributed by atoms with E-state index < -0.39 is 0 Å². The average Bonchev–Trinajstić information content (AvgIpc) is 3.23. The van der Waals surface area contributed by atoms with E-state index in [0.717, 1.165) is 47.2 Å². The van der Waals surface area contributed by atoms with E-state index in [1.54, 1.807) is 14.2 Å². The van der Waals surface area contributed by atoms with Crippen molar-refractivity contribution in [3.8, 4) is 28.4 Å². The van der Waals surface area contributed by atoms with Gasteiger partial charge in [-0.05, 0) is 43.2 Å². The van der Waals surface area contributed by atoms with Crippen LogP contribution in [0.25, 0.3) is 16.9 Å². The fourth-order valence-corrected chi connectivity index (χ4v) is 3.30. The van der Waals surface area contributed by atoms with Crippen LogP contribution in [0.15, 0.2) is 42.5 Å². The second kappa shape index (κ2) is 6.16. The average molecular weight is 335 g/mol. The standard InChI is InChI=1S/C20H21N3O2/c1-13-5-4-6-15(9-13)23-20-18(7-8-21-20)19(22-23)14-10-16(24-2)12-17(11-14)25-3/h4-6,9-12,21H,7-8H2,1-3H3. The van der Waals surface area contributed by atoms with Crippen LogP contribution in [0.4, 0.5) is 5.82 Å². The molecule has 0 bridgehead atoms. The van der Waals surface area contributed by atoms with Crippen LogP contribution < -0.4 is 14.8 Å². The van der Waals surface area contributed by atoms with Crippen molar-refractivity contribution in [1.82, 2.24) is 9.78 Å². The molecule has 0 unspecified atom stereocenters. The van der Waals surface area contributed by atoms with E-state index in [-0.39, 0.29) is 0 Å². The van der Waals surface area contributed by atoms with Crippen molar-refractivity contribution in [3.63, 3.8) is 0 Å². The molecule has 5 heteroatoms. The normalized spacial score (nSPS) is 12.6. The van der Waals surface area contributed by atoms with Crippen molar-refractivity contribution in [1.29, 1.82) is 0 Å². The van der Waals surface area contributed by atoms with E-state index in [4.69, 9.17) is 14.6 Å². The lowest BCUT2D eigenvalue weighted by Crippen LogP contribution is -2.04. The minimum Gasteiger partial charge on any atom is -0.497 e. The lowest BCUT2D eigenvalue weighted by Gasteiger charge is -2.08. The summed E-state index contributed by atoms with van der Waals surface area (Å²) in [5.41, 5.74) is 5.48. The summed E-state index contributed by atoms with van der Waals surface area (Å²) in [5.74, 6) is 2.60. The first-order valence-corrected chi connectivity index (χ1v) is 8.36. The molecule has 0 atom stereocenters. The molecular formula is C20H21N3O2. The second-order valence-corrected chi connectivity index (χ2v) is 6.20. The van der Waals surface area contributed by atoms with Gasteiger partial charge in [-0.2, -0.15) is 5.10 Å². The predicted octanol–water partition coefficient (Wildman–Crippen LogP) is 3.83. The summed E-state index contributed by atoms with van der Waals surface area (Å²) in [5, 5.41) is 8.38. The van der Waals surface area contributed by atoms with Crippen LogP contribution in [-0.2, 0) is 6.42 Å². The summed E-state index contributed by atoms with van der Waals surface area (Å²) in [4.78, 5) is 0. The molecule has 128 valence electrons. The summed E-state index contributed by atoms with van der Waals surface area (Å²) < 4.78 is 12.8. The molecule has 0 saturated carbocycles. The summed E-state index contributed by atoms with van der Waals surface area (Å²) in [7, 11) is 3.33. The Kier molecular flexibility index (Phi) is 3.84. The quantitative estimate of drug-likeness (QED) is 0.787. The number of fused-ring (bicyclic) bond motifs is 1. The summed E-state index contributed by atoms with van der Waals surface area (Å²) in [6, 6.07) is 14.3. The van der Waals surface area contributed by atoms with E-state index in [0.29, 0.717) is 0 Å². The Morgan fingerprint density at radius 2 is 1.80 bits per heavy atom. The number of hydrogen-bond donors (Lipinski definition) is 1. The maximum Gasteiger partial charge on any atom is 0.133 e.